The first-order chi connectivity index (χ1) is 9.29. The first-order valence-corrected chi connectivity index (χ1v) is 7.51. The molecule has 110 valence electrons. The number of aromatic nitrogens is 1. The van der Waals surface area contributed by atoms with E-state index in [0.29, 0.717) is 16.8 Å². The number of halogens is 1. The molecule has 5 nitrogen and oxygen atoms in total. The van der Waals surface area contributed by atoms with Crippen LogP contribution < -0.4 is 5.32 Å². The van der Waals surface area contributed by atoms with Gasteiger partial charge >= 0.3 is 6.03 Å². The van der Waals surface area contributed by atoms with Crippen molar-refractivity contribution in [2.75, 3.05) is 11.9 Å². The Morgan fingerprint density at radius 2 is 2.25 bits per heavy atom. The van der Waals surface area contributed by atoms with Crippen LogP contribution in [0.3, 0.4) is 0 Å². The topological polar surface area (TPSA) is 65.5 Å². The number of anilines is 1. The summed E-state index contributed by atoms with van der Waals surface area (Å²) in [5, 5.41) is 13.0. The molecule has 0 aliphatic carbocycles. The molecule has 0 bridgehead atoms. The zero-order valence-electron chi connectivity index (χ0n) is 12.0. The number of nitrogens with one attached hydrogen (secondary N) is 1. The van der Waals surface area contributed by atoms with Crippen LogP contribution in [0.1, 0.15) is 32.4 Å². The predicted octanol–water partition coefficient (Wildman–Crippen LogP) is 2.92. The maximum Gasteiger partial charge on any atom is 0.322 e. The Bertz CT molecular complexity index is 514. The molecule has 1 unspecified atom stereocenters. The van der Waals surface area contributed by atoms with Gasteiger partial charge in [-0.2, -0.15) is 0 Å². The number of hydrogen-bond acceptors (Lipinski definition) is 3. The monoisotopic (exact) mass is 341 g/mol. The highest BCUT2D eigenvalue weighted by Crippen LogP contribution is 2.28. The zero-order chi connectivity index (χ0) is 14.9. The van der Waals surface area contributed by atoms with Gasteiger partial charge in [0.05, 0.1) is 17.3 Å². The number of hydrogen-bond donors (Lipinski definition) is 2. The van der Waals surface area contributed by atoms with Crippen molar-refractivity contribution in [2.24, 2.45) is 0 Å². The molecule has 2 rings (SSSR count). The highest BCUT2D eigenvalue weighted by atomic mass is 79.9. The molecule has 2 amide bonds. The Labute approximate surface area is 127 Å². The SMILES string of the molecule is Cc1ccc(NC(=O)N2CCCC2C(C)(C)O)c(Br)n1. The quantitative estimate of drug-likeness (QED) is 0.813. The van der Waals surface area contributed by atoms with Crippen LogP contribution in [0, 0.1) is 6.92 Å². The summed E-state index contributed by atoms with van der Waals surface area (Å²) in [4.78, 5) is 18.3. The molecule has 0 spiro atoms. The van der Waals surface area contributed by atoms with Crippen LogP contribution in [0.4, 0.5) is 10.5 Å². The number of aliphatic hydroxyl groups is 1. The van der Waals surface area contributed by atoms with E-state index in [0.717, 1.165) is 18.5 Å². The van der Waals surface area contributed by atoms with Gasteiger partial charge in [-0.15, -0.1) is 0 Å². The molecular formula is C14H20BrN3O2. The van der Waals surface area contributed by atoms with Crippen LogP contribution in [-0.4, -0.2) is 39.2 Å². The lowest BCUT2D eigenvalue weighted by Gasteiger charge is -2.33. The molecule has 0 radical (unpaired) electrons. The number of amides is 2. The molecule has 20 heavy (non-hydrogen) atoms. The lowest BCUT2D eigenvalue weighted by atomic mass is 9.97. The summed E-state index contributed by atoms with van der Waals surface area (Å²) >= 11 is 3.35. The Hall–Kier alpha value is -1.14. The van der Waals surface area contributed by atoms with Crippen LogP contribution in [0.15, 0.2) is 16.7 Å². The zero-order valence-corrected chi connectivity index (χ0v) is 13.6. The number of likely N-dealkylation sites (tertiary alicyclic amines) is 1. The van der Waals surface area contributed by atoms with Gasteiger partial charge < -0.3 is 15.3 Å². The van der Waals surface area contributed by atoms with E-state index in [2.05, 4.69) is 26.2 Å². The van der Waals surface area contributed by atoms with Crippen LogP contribution >= 0.6 is 15.9 Å². The molecule has 1 atom stereocenters. The highest BCUT2D eigenvalue weighted by Gasteiger charge is 2.38. The molecule has 0 aromatic carbocycles. The van der Waals surface area contributed by atoms with Crippen molar-refractivity contribution < 1.29 is 9.90 Å². The van der Waals surface area contributed by atoms with E-state index in [1.54, 1.807) is 18.7 Å². The molecular weight excluding hydrogens is 322 g/mol. The van der Waals surface area contributed by atoms with Crippen LogP contribution in [0.5, 0.6) is 0 Å². The average molecular weight is 342 g/mol. The van der Waals surface area contributed by atoms with Gasteiger partial charge in [0.1, 0.15) is 4.60 Å². The van der Waals surface area contributed by atoms with E-state index < -0.39 is 5.60 Å². The number of rotatable bonds is 2. The van der Waals surface area contributed by atoms with Gasteiger partial charge in [-0.3, -0.25) is 0 Å². The Morgan fingerprint density at radius 1 is 1.55 bits per heavy atom. The van der Waals surface area contributed by atoms with Crippen LogP contribution in [-0.2, 0) is 0 Å². The van der Waals surface area contributed by atoms with Gasteiger partial charge in [-0.05, 0) is 61.7 Å². The van der Waals surface area contributed by atoms with Crippen LogP contribution in [0.25, 0.3) is 0 Å². The summed E-state index contributed by atoms with van der Waals surface area (Å²) in [5.41, 5.74) is 0.628. The smallest absolute Gasteiger partial charge is 0.322 e. The molecule has 6 heteroatoms. The van der Waals surface area contributed by atoms with E-state index in [1.165, 1.54) is 0 Å². The van der Waals surface area contributed by atoms with Crippen LogP contribution in [0.2, 0.25) is 0 Å². The lowest BCUT2D eigenvalue weighted by molar-refractivity contribution is 0.0117. The van der Waals surface area contributed by atoms with Gasteiger partial charge in [-0.25, -0.2) is 9.78 Å². The van der Waals surface area contributed by atoms with Gasteiger partial charge in [-0.1, -0.05) is 0 Å². The standard InChI is InChI=1S/C14H20BrN3O2/c1-9-6-7-10(12(15)16-9)17-13(19)18-8-4-5-11(18)14(2,3)20/h6-7,11,20H,4-5,8H2,1-3H3,(H,17,19). The van der Waals surface area contributed by atoms with Crippen molar-refractivity contribution in [3.05, 3.63) is 22.4 Å². The van der Waals surface area contributed by atoms with Gasteiger partial charge in [0.25, 0.3) is 0 Å². The minimum Gasteiger partial charge on any atom is -0.388 e. The summed E-state index contributed by atoms with van der Waals surface area (Å²) in [7, 11) is 0. The number of aryl methyl sites for hydroxylation is 1. The fourth-order valence-electron chi connectivity index (χ4n) is 2.55. The maximum atomic E-state index is 12.4. The summed E-state index contributed by atoms with van der Waals surface area (Å²) in [6, 6.07) is 3.32. The third kappa shape index (κ3) is 3.30. The van der Waals surface area contributed by atoms with Crippen molar-refractivity contribution in [2.45, 2.75) is 45.3 Å². The van der Waals surface area contributed by atoms with E-state index in [1.807, 2.05) is 19.1 Å². The molecule has 1 aliphatic heterocycles. The van der Waals surface area contributed by atoms with Crippen molar-refractivity contribution in [1.82, 2.24) is 9.88 Å². The lowest BCUT2D eigenvalue weighted by Crippen LogP contribution is -2.49. The van der Waals surface area contributed by atoms with E-state index in [4.69, 9.17) is 0 Å². The third-order valence-corrected chi connectivity index (χ3v) is 4.16. The molecule has 1 saturated heterocycles. The summed E-state index contributed by atoms with van der Waals surface area (Å²) in [5.74, 6) is 0. The summed E-state index contributed by atoms with van der Waals surface area (Å²) < 4.78 is 0.616. The maximum absolute atomic E-state index is 12.4. The van der Waals surface area contributed by atoms with Gasteiger partial charge in [0, 0.05) is 12.2 Å². The highest BCUT2D eigenvalue weighted by molar-refractivity contribution is 9.10. The predicted molar refractivity (Wildman–Crippen MR) is 81.7 cm³/mol. The first kappa shape index (κ1) is 15.3. The average Bonchev–Trinajstić information content (AvgIpc) is 2.81. The fourth-order valence-corrected chi connectivity index (χ4v) is 3.06. The molecule has 1 aromatic rings. The second-order valence-electron chi connectivity index (χ2n) is 5.73. The molecule has 1 fully saturated rings. The number of nitrogens with zero attached hydrogens (tertiary/aromatic N) is 2. The van der Waals surface area contributed by atoms with E-state index >= 15 is 0 Å². The van der Waals surface area contributed by atoms with Gasteiger partial charge in [0.15, 0.2) is 0 Å². The summed E-state index contributed by atoms with van der Waals surface area (Å²) in [6.07, 6.45) is 1.74. The second-order valence-corrected chi connectivity index (χ2v) is 6.48. The molecule has 0 saturated carbocycles. The fraction of sp³-hybridized carbons (Fsp3) is 0.571. The Morgan fingerprint density at radius 3 is 2.85 bits per heavy atom. The van der Waals surface area contributed by atoms with Crippen molar-refractivity contribution in [3.63, 3.8) is 0 Å². The number of pyridine rings is 1. The first-order valence-electron chi connectivity index (χ1n) is 6.72. The third-order valence-electron chi connectivity index (χ3n) is 3.56. The minimum atomic E-state index is -0.892. The molecule has 2 heterocycles. The van der Waals surface area contributed by atoms with Crippen molar-refractivity contribution in [3.8, 4) is 0 Å². The second kappa shape index (κ2) is 5.69. The van der Waals surface area contributed by atoms with E-state index in [9.17, 15) is 9.90 Å². The molecule has 2 N–H and O–H groups in total. The van der Waals surface area contributed by atoms with Crippen molar-refractivity contribution in [1.29, 1.82) is 0 Å². The molecule has 1 aromatic heterocycles. The Balaban J connectivity index is 2.12. The number of urea groups is 1. The molecule has 1 aliphatic rings. The van der Waals surface area contributed by atoms with E-state index in [-0.39, 0.29) is 12.1 Å². The normalized spacial score (nSPS) is 19.2. The number of carbonyl (C=O) groups excluding carboxylic acids is 1. The van der Waals surface area contributed by atoms with Gasteiger partial charge in [0.2, 0.25) is 0 Å². The van der Waals surface area contributed by atoms with Crippen molar-refractivity contribution >= 4 is 27.6 Å². The largest absolute Gasteiger partial charge is 0.388 e. The number of carbonyl (C=O) groups is 1. The summed E-state index contributed by atoms with van der Waals surface area (Å²) in [6.45, 7) is 6.04. The minimum absolute atomic E-state index is 0.153. The Kier molecular flexibility index (Phi) is 4.34.